The molecule has 0 saturated carbocycles. The van der Waals surface area contributed by atoms with Crippen LogP contribution < -0.4 is 19.5 Å². The van der Waals surface area contributed by atoms with Crippen molar-refractivity contribution < 1.29 is 32.5 Å². The highest BCUT2D eigenvalue weighted by molar-refractivity contribution is 5.94. The maximum atomic E-state index is 14.6. The predicted molar refractivity (Wildman–Crippen MR) is 161 cm³/mol. The third-order valence-electron chi connectivity index (χ3n) is 7.80. The molecule has 44 heavy (non-hydrogen) atoms. The molecule has 0 radical (unpaired) electrons. The van der Waals surface area contributed by atoms with Gasteiger partial charge in [-0.25, -0.2) is 18.7 Å². The first-order valence-corrected chi connectivity index (χ1v) is 14.4. The second-order valence-corrected chi connectivity index (χ2v) is 10.7. The van der Waals surface area contributed by atoms with E-state index in [0.29, 0.717) is 84.4 Å². The van der Waals surface area contributed by atoms with Crippen LogP contribution in [0.5, 0.6) is 17.2 Å². The minimum absolute atomic E-state index is 0.0889. The molecule has 1 N–H and O–H groups in total. The third-order valence-corrected chi connectivity index (χ3v) is 7.80. The van der Waals surface area contributed by atoms with Crippen molar-refractivity contribution in [3.05, 3.63) is 79.1 Å². The summed E-state index contributed by atoms with van der Waals surface area (Å²) < 4.78 is 52.1. The maximum Gasteiger partial charge on any atom is 0.245 e. The fourth-order valence-corrected chi connectivity index (χ4v) is 5.46. The highest BCUT2D eigenvalue weighted by Gasteiger charge is 2.26. The van der Waals surface area contributed by atoms with Crippen molar-refractivity contribution >= 4 is 28.3 Å². The molecule has 3 aromatic carbocycles. The Morgan fingerprint density at radius 1 is 1.00 bits per heavy atom. The van der Waals surface area contributed by atoms with E-state index in [0.717, 1.165) is 12.5 Å². The molecule has 11 heteroatoms. The number of carbonyl (C=O) groups excluding carboxylic acids is 1. The number of likely N-dealkylation sites (tertiary alicyclic amines) is 1. The molecule has 6 rings (SSSR count). The summed E-state index contributed by atoms with van der Waals surface area (Å²) in [6, 6.07) is 12.3. The van der Waals surface area contributed by atoms with Gasteiger partial charge in [-0.1, -0.05) is 12.6 Å². The Morgan fingerprint density at radius 2 is 1.80 bits per heavy atom. The SMILES string of the molecule is C=CC(=O)N1CCC(Oc2cc3c(Nc4cc(-c5ccc(F)cc5F)ccc4OC)ncnc3cc2O[C@@H]2CCOC2)CC1. The van der Waals surface area contributed by atoms with Crippen molar-refractivity contribution in [3.63, 3.8) is 0 Å². The lowest BCUT2D eigenvalue weighted by Crippen LogP contribution is -2.41. The van der Waals surface area contributed by atoms with E-state index in [-0.39, 0.29) is 23.7 Å². The smallest absolute Gasteiger partial charge is 0.245 e. The van der Waals surface area contributed by atoms with Crippen LogP contribution in [0.4, 0.5) is 20.3 Å². The van der Waals surface area contributed by atoms with Crippen molar-refractivity contribution in [1.82, 2.24) is 14.9 Å². The first-order chi connectivity index (χ1) is 21.4. The number of amides is 1. The molecule has 0 bridgehead atoms. The Kier molecular flexibility index (Phi) is 8.56. The number of rotatable bonds is 9. The molecule has 2 fully saturated rings. The van der Waals surface area contributed by atoms with Crippen LogP contribution in [0.1, 0.15) is 19.3 Å². The second-order valence-electron chi connectivity index (χ2n) is 10.7. The van der Waals surface area contributed by atoms with Crippen molar-refractivity contribution in [2.24, 2.45) is 0 Å². The van der Waals surface area contributed by atoms with Crippen molar-refractivity contribution in [2.75, 3.05) is 38.7 Å². The molecule has 2 aliphatic rings. The Bertz CT molecular complexity index is 1690. The van der Waals surface area contributed by atoms with Crippen molar-refractivity contribution in [3.8, 4) is 28.4 Å². The van der Waals surface area contributed by atoms with Crippen LogP contribution in [-0.2, 0) is 9.53 Å². The number of fused-ring (bicyclic) bond motifs is 1. The van der Waals surface area contributed by atoms with E-state index in [1.165, 1.54) is 31.6 Å². The Morgan fingerprint density at radius 3 is 2.52 bits per heavy atom. The zero-order valence-corrected chi connectivity index (χ0v) is 24.2. The van der Waals surface area contributed by atoms with Gasteiger partial charge in [-0.15, -0.1) is 0 Å². The van der Waals surface area contributed by atoms with Crippen molar-refractivity contribution in [2.45, 2.75) is 31.5 Å². The molecule has 228 valence electrons. The molecule has 4 aromatic rings. The summed E-state index contributed by atoms with van der Waals surface area (Å²) in [5.41, 5.74) is 1.93. The summed E-state index contributed by atoms with van der Waals surface area (Å²) in [5.74, 6) is 0.643. The second kappa shape index (κ2) is 12.8. The molecule has 3 heterocycles. The summed E-state index contributed by atoms with van der Waals surface area (Å²) in [7, 11) is 1.53. The Labute approximate surface area is 253 Å². The Balaban J connectivity index is 1.34. The number of nitrogens with one attached hydrogen (secondary N) is 1. The lowest BCUT2D eigenvalue weighted by atomic mass is 10.0. The van der Waals surface area contributed by atoms with E-state index >= 15 is 0 Å². The van der Waals surface area contributed by atoms with Gasteiger partial charge in [0.2, 0.25) is 5.91 Å². The standard InChI is InChI=1S/C33H32F2N4O5/c1-3-32(40)39-11-8-22(9-12-39)43-30-16-25-27(17-31(30)44-23-10-13-42-18-23)36-19-37-33(25)38-28-14-20(4-7-29(28)41-2)24-6-5-21(34)15-26(24)35/h3-7,14-17,19,22-23H,1,8-13,18H2,2H3,(H,36,37,38)/t23-/m1/s1. The minimum atomic E-state index is -0.671. The fourth-order valence-electron chi connectivity index (χ4n) is 5.46. The van der Waals surface area contributed by atoms with Crippen LogP contribution in [0.3, 0.4) is 0 Å². The van der Waals surface area contributed by atoms with Crippen LogP contribution in [0.25, 0.3) is 22.0 Å². The number of halogens is 2. The molecule has 1 atom stereocenters. The average Bonchev–Trinajstić information content (AvgIpc) is 3.55. The van der Waals surface area contributed by atoms with Gasteiger partial charge in [0.1, 0.15) is 41.7 Å². The molecule has 0 spiro atoms. The molecule has 0 unspecified atom stereocenters. The minimum Gasteiger partial charge on any atom is -0.495 e. The summed E-state index contributed by atoms with van der Waals surface area (Å²) in [6.07, 6.45) is 4.60. The van der Waals surface area contributed by atoms with Crippen LogP contribution in [0.2, 0.25) is 0 Å². The van der Waals surface area contributed by atoms with E-state index < -0.39 is 11.6 Å². The highest BCUT2D eigenvalue weighted by Crippen LogP contribution is 2.39. The maximum absolute atomic E-state index is 14.6. The van der Waals surface area contributed by atoms with E-state index in [2.05, 4.69) is 21.9 Å². The first-order valence-electron chi connectivity index (χ1n) is 14.4. The van der Waals surface area contributed by atoms with Gasteiger partial charge in [0.05, 0.1) is 31.5 Å². The normalized spacial score (nSPS) is 17.0. The number of piperidine rings is 1. The molecule has 9 nitrogen and oxygen atoms in total. The number of carbonyl (C=O) groups is 1. The van der Waals surface area contributed by atoms with Crippen LogP contribution in [-0.4, -0.2) is 66.4 Å². The zero-order chi connectivity index (χ0) is 30.6. The van der Waals surface area contributed by atoms with Gasteiger partial charge in [-0.05, 0) is 42.0 Å². The number of hydrogen-bond donors (Lipinski definition) is 1. The molecule has 1 aromatic heterocycles. The molecule has 2 saturated heterocycles. The average molecular weight is 603 g/mol. The molecular weight excluding hydrogens is 570 g/mol. The van der Waals surface area contributed by atoms with Gasteiger partial charge in [0, 0.05) is 55.4 Å². The lowest BCUT2D eigenvalue weighted by molar-refractivity contribution is -0.127. The molecule has 1 amide bonds. The van der Waals surface area contributed by atoms with E-state index in [4.69, 9.17) is 18.9 Å². The quantitative estimate of drug-likeness (QED) is 0.232. The zero-order valence-electron chi connectivity index (χ0n) is 24.2. The molecular formula is C33H32F2N4O5. The van der Waals surface area contributed by atoms with Gasteiger partial charge in [-0.2, -0.15) is 0 Å². The number of methoxy groups -OCH3 is 1. The molecule has 2 aliphatic heterocycles. The Hall–Kier alpha value is -4.77. The van der Waals surface area contributed by atoms with Gasteiger partial charge < -0.3 is 29.2 Å². The predicted octanol–water partition coefficient (Wildman–Crippen LogP) is 6.05. The number of ether oxygens (including phenoxy) is 4. The summed E-state index contributed by atoms with van der Waals surface area (Å²) in [6.45, 7) is 5.83. The highest BCUT2D eigenvalue weighted by atomic mass is 19.1. The number of benzene rings is 3. The van der Waals surface area contributed by atoms with Gasteiger partial charge >= 0.3 is 0 Å². The van der Waals surface area contributed by atoms with Crippen molar-refractivity contribution in [1.29, 1.82) is 0 Å². The van der Waals surface area contributed by atoms with Crippen LogP contribution >= 0.6 is 0 Å². The van der Waals surface area contributed by atoms with Crippen LogP contribution in [0, 0.1) is 11.6 Å². The topological polar surface area (TPSA) is 95.0 Å². The van der Waals surface area contributed by atoms with E-state index in [9.17, 15) is 13.6 Å². The van der Waals surface area contributed by atoms with Gasteiger partial charge in [0.25, 0.3) is 0 Å². The van der Waals surface area contributed by atoms with Gasteiger partial charge in [-0.3, -0.25) is 4.79 Å². The number of hydrogen-bond acceptors (Lipinski definition) is 8. The monoisotopic (exact) mass is 602 g/mol. The summed E-state index contributed by atoms with van der Waals surface area (Å²) >= 11 is 0. The van der Waals surface area contributed by atoms with Gasteiger partial charge in [0.15, 0.2) is 11.5 Å². The largest absolute Gasteiger partial charge is 0.495 e. The van der Waals surface area contributed by atoms with E-state index in [1.807, 2.05) is 12.1 Å². The summed E-state index contributed by atoms with van der Waals surface area (Å²) in [4.78, 5) is 22.8. The molecule has 0 aliphatic carbocycles. The summed E-state index contributed by atoms with van der Waals surface area (Å²) in [5, 5.41) is 3.98. The van der Waals surface area contributed by atoms with E-state index in [1.54, 1.807) is 23.1 Å². The fraction of sp³-hybridized carbons (Fsp3) is 0.303. The third kappa shape index (κ3) is 6.28. The lowest BCUT2D eigenvalue weighted by Gasteiger charge is -2.32. The first kappa shape index (κ1) is 29.3. The van der Waals surface area contributed by atoms with Crippen LogP contribution in [0.15, 0.2) is 67.5 Å². The number of aromatic nitrogens is 2. The number of nitrogens with zero attached hydrogens (tertiary/aromatic N) is 3. The number of anilines is 2.